The van der Waals surface area contributed by atoms with E-state index in [-0.39, 0.29) is 0 Å². The normalized spacial score (nSPS) is 10.4. The van der Waals surface area contributed by atoms with E-state index in [1.165, 1.54) is 18.1 Å². The highest BCUT2D eigenvalue weighted by molar-refractivity contribution is 5.48. The fourth-order valence-corrected chi connectivity index (χ4v) is 1.63. The minimum Gasteiger partial charge on any atom is -0.711 e. The monoisotopic (exact) mass is 218 g/mol. The quantitative estimate of drug-likeness (QED) is 0.581. The molecule has 0 spiro atoms. The summed E-state index contributed by atoms with van der Waals surface area (Å²) in [7, 11) is 1.63. The van der Waals surface area contributed by atoms with Crippen LogP contribution in [0.15, 0.2) is 36.9 Å². The maximum absolute atomic E-state index is 11.0. The van der Waals surface area contributed by atoms with Gasteiger partial charge in [0, 0.05) is 0 Å². The van der Waals surface area contributed by atoms with E-state index in [9.17, 15) is 5.21 Å². The van der Waals surface area contributed by atoms with Crippen molar-refractivity contribution < 1.29 is 9.47 Å². The molecule has 0 aliphatic rings. The molecule has 0 saturated heterocycles. The van der Waals surface area contributed by atoms with Crippen molar-refractivity contribution in [3.05, 3.63) is 47.7 Å². The molecule has 84 valence electrons. The van der Waals surface area contributed by atoms with Gasteiger partial charge in [0.15, 0.2) is 11.4 Å². The first kappa shape index (κ1) is 10.5. The molecule has 0 bridgehead atoms. The number of methoxy groups -OCH3 is 1. The fourth-order valence-electron chi connectivity index (χ4n) is 1.63. The Kier molecular flexibility index (Phi) is 2.81. The molecule has 0 aliphatic heterocycles. The first-order valence-corrected chi connectivity index (χ1v) is 5.18. The molecule has 0 radical (unpaired) electrons. The SMILES string of the molecule is CCc1ccc(-n2cc[n+]([O-])c2)c(OC)c1. The molecule has 2 aromatic rings. The molecule has 0 saturated carbocycles. The number of rotatable bonds is 3. The van der Waals surface area contributed by atoms with Crippen molar-refractivity contribution in [2.45, 2.75) is 13.3 Å². The van der Waals surface area contributed by atoms with Gasteiger partial charge >= 0.3 is 0 Å². The highest BCUT2D eigenvalue weighted by atomic mass is 16.5. The van der Waals surface area contributed by atoms with Gasteiger partial charge in [-0.3, -0.25) is 0 Å². The number of imidazole rings is 1. The zero-order valence-corrected chi connectivity index (χ0v) is 9.38. The van der Waals surface area contributed by atoms with Gasteiger partial charge in [0.2, 0.25) is 0 Å². The number of nitrogens with zero attached hydrogens (tertiary/aromatic N) is 2. The summed E-state index contributed by atoms with van der Waals surface area (Å²) in [5.41, 5.74) is 2.08. The molecular formula is C12H14N2O2. The molecule has 4 nitrogen and oxygen atoms in total. The second kappa shape index (κ2) is 4.26. The Bertz CT molecular complexity index is 492. The summed E-state index contributed by atoms with van der Waals surface area (Å²) in [6.07, 6.45) is 5.58. The van der Waals surface area contributed by atoms with E-state index in [2.05, 4.69) is 6.92 Å². The van der Waals surface area contributed by atoms with E-state index in [1.54, 1.807) is 17.9 Å². The van der Waals surface area contributed by atoms with E-state index in [0.29, 0.717) is 0 Å². The third-order valence-electron chi connectivity index (χ3n) is 2.54. The first-order chi connectivity index (χ1) is 7.74. The number of hydrogen-bond donors (Lipinski definition) is 0. The summed E-state index contributed by atoms with van der Waals surface area (Å²) < 4.78 is 7.82. The van der Waals surface area contributed by atoms with Crippen molar-refractivity contribution in [3.63, 3.8) is 0 Å². The smallest absolute Gasteiger partial charge is 0.252 e. The fraction of sp³-hybridized carbons (Fsp3) is 0.250. The molecule has 0 unspecified atom stereocenters. The van der Waals surface area contributed by atoms with E-state index >= 15 is 0 Å². The van der Waals surface area contributed by atoms with Crippen molar-refractivity contribution in [1.29, 1.82) is 0 Å². The van der Waals surface area contributed by atoms with E-state index < -0.39 is 0 Å². The van der Waals surface area contributed by atoms with Gasteiger partial charge in [0.05, 0.1) is 7.11 Å². The Morgan fingerprint density at radius 2 is 2.25 bits per heavy atom. The predicted octanol–water partition coefficient (Wildman–Crippen LogP) is 1.68. The zero-order chi connectivity index (χ0) is 11.5. The molecule has 0 atom stereocenters. The molecule has 1 aromatic carbocycles. The molecule has 0 N–H and O–H groups in total. The third-order valence-corrected chi connectivity index (χ3v) is 2.54. The molecule has 0 amide bonds. The molecular weight excluding hydrogens is 204 g/mol. The van der Waals surface area contributed by atoms with Crippen LogP contribution in [0, 0.1) is 5.21 Å². The van der Waals surface area contributed by atoms with Gasteiger partial charge in [-0.05, 0) is 24.1 Å². The van der Waals surface area contributed by atoms with Crippen molar-refractivity contribution in [2.75, 3.05) is 7.11 Å². The van der Waals surface area contributed by atoms with E-state index in [4.69, 9.17) is 4.74 Å². The lowest BCUT2D eigenvalue weighted by Gasteiger charge is -2.06. The standard InChI is InChI=1S/C12H14N2O2/c1-3-10-4-5-11(12(8-10)16-2)13-6-7-14(15)9-13/h4-9H,3H2,1-2H3. The van der Waals surface area contributed by atoms with Gasteiger partial charge in [-0.1, -0.05) is 13.0 Å². The third kappa shape index (κ3) is 1.86. The Morgan fingerprint density at radius 1 is 1.44 bits per heavy atom. The average Bonchev–Trinajstić information content (AvgIpc) is 2.74. The average molecular weight is 218 g/mol. The lowest BCUT2D eigenvalue weighted by molar-refractivity contribution is -0.604. The van der Waals surface area contributed by atoms with Gasteiger partial charge in [-0.15, -0.1) is 0 Å². The van der Waals surface area contributed by atoms with Crippen LogP contribution in [0.1, 0.15) is 12.5 Å². The molecule has 1 aromatic heterocycles. The summed E-state index contributed by atoms with van der Waals surface area (Å²) in [4.78, 5) is 0. The van der Waals surface area contributed by atoms with Crippen LogP contribution >= 0.6 is 0 Å². The summed E-state index contributed by atoms with van der Waals surface area (Å²) in [6, 6.07) is 5.98. The lowest BCUT2D eigenvalue weighted by Crippen LogP contribution is -2.21. The van der Waals surface area contributed by atoms with Crippen molar-refractivity contribution in [2.24, 2.45) is 0 Å². The largest absolute Gasteiger partial charge is 0.711 e. The van der Waals surface area contributed by atoms with Gasteiger partial charge in [0.1, 0.15) is 12.4 Å². The van der Waals surface area contributed by atoms with E-state index in [0.717, 1.165) is 22.6 Å². The Morgan fingerprint density at radius 3 is 2.81 bits per heavy atom. The van der Waals surface area contributed by atoms with Crippen LogP contribution in [-0.4, -0.2) is 11.7 Å². The van der Waals surface area contributed by atoms with Gasteiger partial charge in [-0.25, -0.2) is 4.73 Å². The molecule has 2 rings (SSSR count). The topological polar surface area (TPSA) is 41.1 Å². The summed E-state index contributed by atoms with van der Waals surface area (Å²) >= 11 is 0. The predicted molar refractivity (Wildman–Crippen MR) is 60.7 cm³/mol. The van der Waals surface area contributed by atoms with Crippen LogP contribution in [0.3, 0.4) is 0 Å². The lowest BCUT2D eigenvalue weighted by atomic mass is 10.1. The molecule has 0 aliphatic carbocycles. The van der Waals surface area contributed by atoms with Gasteiger partial charge in [0.25, 0.3) is 6.33 Å². The van der Waals surface area contributed by atoms with Crippen LogP contribution in [-0.2, 0) is 6.42 Å². The number of benzene rings is 1. The number of ether oxygens (including phenoxy) is 1. The van der Waals surface area contributed by atoms with E-state index in [1.807, 2.05) is 18.2 Å². The van der Waals surface area contributed by atoms with Crippen molar-refractivity contribution >= 4 is 0 Å². The molecule has 16 heavy (non-hydrogen) atoms. The molecule has 1 heterocycles. The van der Waals surface area contributed by atoms with Crippen LogP contribution in [0.4, 0.5) is 0 Å². The van der Waals surface area contributed by atoms with Crippen LogP contribution in [0.25, 0.3) is 5.69 Å². The second-order valence-electron chi connectivity index (χ2n) is 3.54. The highest BCUT2D eigenvalue weighted by Gasteiger charge is 2.10. The Labute approximate surface area is 94.3 Å². The highest BCUT2D eigenvalue weighted by Crippen LogP contribution is 2.23. The number of aromatic nitrogens is 2. The maximum Gasteiger partial charge on any atom is 0.252 e. The van der Waals surface area contributed by atoms with Crippen LogP contribution < -0.4 is 9.47 Å². The zero-order valence-electron chi connectivity index (χ0n) is 9.38. The van der Waals surface area contributed by atoms with Crippen LogP contribution in [0.5, 0.6) is 5.75 Å². The van der Waals surface area contributed by atoms with Crippen LogP contribution in [0.2, 0.25) is 0 Å². The molecule has 4 heteroatoms. The van der Waals surface area contributed by atoms with Crippen molar-refractivity contribution in [3.8, 4) is 11.4 Å². The van der Waals surface area contributed by atoms with Crippen molar-refractivity contribution in [1.82, 2.24) is 4.57 Å². The summed E-state index contributed by atoms with van der Waals surface area (Å²) in [5.74, 6) is 0.774. The summed E-state index contributed by atoms with van der Waals surface area (Å²) in [6.45, 7) is 2.09. The number of aryl methyl sites for hydroxylation is 1. The Hall–Kier alpha value is -1.97. The summed E-state index contributed by atoms with van der Waals surface area (Å²) in [5, 5.41) is 11.0. The molecule has 0 fully saturated rings. The van der Waals surface area contributed by atoms with Gasteiger partial charge < -0.3 is 9.94 Å². The van der Waals surface area contributed by atoms with Gasteiger partial charge in [-0.2, -0.15) is 4.57 Å². The minimum absolute atomic E-state index is 0.757. The maximum atomic E-state index is 11.0. The minimum atomic E-state index is 0.757. The first-order valence-electron chi connectivity index (χ1n) is 5.18. The Balaban J connectivity index is 2.48. The second-order valence-corrected chi connectivity index (χ2v) is 3.54. The number of hydrogen-bond acceptors (Lipinski definition) is 2.